The van der Waals surface area contributed by atoms with E-state index in [1.165, 1.54) is 0 Å². The van der Waals surface area contributed by atoms with E-state index in [9.17, 15) is 0 Å². The first-order valence-corrected chi connectivity index (χ1v) is 7.25. The highest BCUT2D eigenvalue weighted by molar-refractivity contribution is 7.16. The standard InChI is InChI=1S/C15H15N3OS/c1-10(11-5-3-4-6-13(11)19-2)18-14-12-7-8-20-15(12)17-9-16-14/h3-10H,1-2H3,(H,16,17,18)/t10-/m0/s1. The summed E-state index contributed by atoms with van der Waals surface area (Å²) >= 11 is 1.62. The van der Waals surface area contributed by atoms with Gasteiger partial charge in [0.05, 0.1) is 18.5 Å². The molecule has 1 N–H and O–H groups in total. The number of nitrogens with one attached hydrogen (secondary N) is 1. The fourth-order valence-electron chi connectivity index (χ4n) is 2.21. The molecule has 0 aliphatic carbocycles. The van der Waals surface area contributed by atoms with E-state index in [-0.39, 0.29) is 6.04 Å². The van der Waals surface area contributed by atoms with Gasteiger partial charge in [0.15, 0.2) is 0 Å². The second-order valence-corrected chi connectivity index (χ2v) is 5.36. The van der Waals surface area contributed by atoms with Gasteiger partial charge in [-0.15, -0.1) is 11.3 Å². The summed E-state index contributed by atoms with van der Waals surface area (Å²) in [7, 11) is 1.69. The van der Waals surface area contributed by atoms with Gasteiger partial charge in [0.25, 0.3) is 0 Å². The lowest BCUT2D eigenvalue weighted by molar-refractivity contribution is 0.408. The summed E-state index contributed by atoms with van der Waals surface area (Å²) in [5.41, 5.74) is 1.11. The summed E-state index contributed by atoms with van der Waals surface area (Å²) in [4.78, 5) is 9.60. The summed E-state index contributed by atoms with van der Waals surface area (Å²) < 4.78 is 5.41. The number of nitrogens with zero attached hydrogens (tertiary/aromatic N) is 2. The van der Waals surface area contributed by atoms with Crippen molar-refractivity contribution >= 4 is 27.4 Å². The van der Waals surface area contributed by atoms with Crippen LogP contribution in [0.2, 0.25) is 0 Å². The third kappa shape index (κ3) is 2.32. The predicted octanol–water partition coefficient (Wildman–Crippen LogP) is 3.87. The molecule has 102 valence electrons. The molecule has 0 saturated heterocycles. The Kier molecular flexibility index (Phi) is 3.52. The Bertz CT molecular complexity index is 726. The van der Waals surface area contributed by atoms with Gasteiger partial charge in [0, 0.05) is 5.56 Å². The molecule has 0 amide bonds. The van der Waals surface area contributed by atoms with Crippen LogP contribution in [0.1, 0.15) is 18.5 Å². The Morgan fingerprint density at radius 1 is 1.20 bits per heavy atom. The molecule has 1 atom stereocenters. The van der Waals surface area contributed by atoms with E-state index in [0.717, 1.165) is 27.3 Å². The van der Waals surface area contributed by atoms with Gasteiger partial charge in [-0.05, 0) is 24.4 Å². The molecule has 2 aromatic heterocycles. The first-order valence-electron chi connectivity index (χ1n) is 6.37. The number of hydrogen-bond donors (Lipinski definition) is 1. The van der Waals surface area contributed by atoms with Crippen molar-refractivity contribution in [1.29, 1.82) is 0 Å². The van der Waals surface area contributed by atoms with E-state index >= 15 is 0 Å². The van der Waals surface area contributed by atoms with Crippen molar-refractivity contribution in [2.24, 2.45) is 0 Å². The Morgan fingerprint density at radius 3 is 2.90 bits per heavy atom. The first-order chi connectivity index (χ1) is 9.79. The van der Waals surface area contributed by atoms with E-state index in [0.29, 0.717) is 0 Å². The normalized spacial score (nSPS) is 12.3. The first kappa shape index (κ1) is 12.9. The molecule has 3 aromatic rings. The highest BCUT2D eigenvalue weighted by Crippen LogP contribution is 2.30. The van der Waals surface area contributed by atoms with Crippen molar-refractivity contribution in [2.45, 2.75) is 13.0 Å². The maximum absolute atomic E-state index is 5.41. The minimum absolute atomic E-state index is 0.101. The second-order valence-electron chi connectivity index (χ2n) is 4.47. The lowest BCUT2D eigenvalue weighted by atomic mass is 10.1. The van der Waals surface area contributed by atoms with Gasteiger partial charge in [-0.3, -0.25) is 0 Å². The van der Waals surface area contributed by atoms with E-state index in [1.54, 1.807) is 24.8 Å². The van der Waals surface area contributed by atoms with Crippen molar-refractivity contribution < 1.29 is 4.74 Å². The molecule has 1 aromatic carbocycles. The number of ether oxygens (including phenoxy) is 1. The Morgan fingerprint density at radius 2 is 2.05 bits per heavy atom. The highest BCUT2D eigenvalue weighted by Gasteiger charge is 2.13. The zero-order chi connectivity index (χ0) is 13.9. The highest BCUT2D eigenvalue weighted by atomic mass is 32.1. The van der Waals surface area contributed by atoms with Crippen LogP contribution in [0.25, 0.3) is 10.2 Å². The van der Waals surface area contributed by atoms with Crippen LogP contribution in [-0.2, 0) is 0 Å². The molecule has 2 heterocycles. The van der Waals surface area contributed by atoms with Gasteiger partial charge in [-0.2, -0.15) is 0 Å². The van der Waals surface area contributed by atoms with Gasteiger partial charge in [-0.25, -0.2) is 9.97 Å². The third-order valence-corrected chi connectivity index (χ3v) is 4.04. The van der Waals surface area contributed by atoms with Crippen LogP contribution in [0.15, 0.2) is 42.0 Å². The van der Waals surface area contributed by atoms with Crippen molar-refractivity contribution in [3.63, 3.8) is 0 Å². The fraction of sp³-hybridized carbons (Fsp3) is 0.200. The number of para-hydroxylation sites is 1. The lowest BCUT2D eigenvalue weighted by Gasteiger charge is -2.18. The van der Waals surface area contributed by atoms with Crippen LogP contribution in [0.5, 0.6) is 5.75 Å². The summed E-state index contributed by atoms with van der Waals surface area (Å²) in [6.45, 7) is 2.10. The SMILES string of the molecule is COc1ccccc1[C@H](C)Nc1ncnc2sccc12. The second kappa shape index (κ2) is 5.46. The molecule has 4 nitrogen and oxygen atoms in total. The average Bonchev–Trinajstić information content (AvgIpc) is 2.96. The maximum atomic E-state index is 5.41. The number of aromatic nitrogens is 2. The summed E-state index contributed by atoms with van der Waals surface area (Å²) in [5, 5.41) is 6.52. The average molecular weight is 285 g/mol. The number of benzene rings is 1. The summed E-state index contributed by atoms with van der Waals surface area (Å²) in [5.74, 6) is 1.73. The Labute approximate surface area is 121 Å². The summed E-state index contributed by atoms with van der Waals surface area (Å²) in [6.07, 6.45) is 1.59. The van der Waals surface area contributed by atoms with Crippen molar-refractivity contribution in [1.82, 2.24) is 9.97 Å². The Hall–Kier alpha value is -2.14. The number of hydrogen-bond acceptors (Lipinski definition) is 5. The van der Waals surface area contributed by atoms with Crippen LogP contribution in [0, 0.1) is 0 Å². The molecule has 0 fully saturated rings. The molecule has 0 saturated carbocycles. The van der Waals surface area contributed by atoms with E-state index in [2.05, 4.69) is 28.3 Å². The van der Waals surface area contributed by atoms with Crippen molar-refractivity contribution in [3.05, 3.63) is 47.6 Å². The predicted molar refractivity (Wildman–Crippen MR) is 82.4 cm³/mol. The topological polar surface area (TPSA) is 47.0 Å². The zero-order valence-corrected chi connectivity index (χ0v) is 12.1. The molecule has 0 unspecified atom stereocenters. The van der Waals surface area contributed by atoms with Crippen LogP contribution >= 0.6 is 11.3 Å². The molecule has 3 rings (SSSR count). The smallest absolute Gasteiger partial charge is 0.138 e. The molecule has 0 aliphatic heterocycles. The third-order valence-electron chi connectivity index (χ3n) is 3.22. The number of rotatable bonds is 4. The van der Waals surface area contributed by atoms with Crippen LogP contribution < -0.4 is 10.1 Å². The number of anilines is 1. The zero-order valence-electron chi connectivity index (χ0n) is 11.3. The van der Waals surface area contributed by atoms with Crippen LogP contribution in [-0.4, -0.2) is 17.1 Å². The molecule has 0 bridgehead atoms. The number of fused-ring (bicyclic) bond motifs is 1. The van der Waals surface area contributed by atoms with Gasteiger partial charge in [0.1, 0.15) is 22.7 Å². The fourth-order valence-corrected chi connectivity index (χ4v) is 2.94. The largest absolute Gasteiger partial charge is 0.496 e. The Balaban J connectivity index is 1.92. The lowest BCUT2D eigenvalue weighted by Crippen LogP contribution is -2.09. The van der Waals surface area contributed by atoms with E-state index < -0.39 is 0 Å². The number of methoxy groups -OCH3 is 1. The monoisotopic (exact) mass is 285 g/mol. The minimum Gasteiger partial charge on any atom is -0.496 e. The minimum atomic E-state index is 0.101. The molecule has 0 aliphatic rings. The maximum Gasteiger partial charge on any atom is 0.138 e. The molecule has 0 radical (unpaired) electrons. The molecular weight excluding hydrogens is 270 g/mol. The van der Waals surface area contributed by atoms with Crippen LogP contribution in [0.3, 0.4) is 0 Å². The van der Waals surface area contributed by atoms with E-state index in [1.807, 2.05) is 29.6 Å². The molecule has 20 heavy (non-hydrogen) atoms. The molecule has 0 spiro atoms. The number of thiophene rings is 1. The van der Waals surface area contributed by atoms with Crippen molar-refractivity contribution in [2.75, 3.05) is 12.4 Å². The van der Waals surface area contributed by atoms with Crippen molar-refractivity contribution in [3.8, 4) is 5.75 Å². The summed E-state index contributed by atoms with van der Waals surface area (Å²) in [6, 6.07) is 10.1. The molecular formula is C15H15N3OS. The van der Waals surface area contributed by atoms with Gasteiger partial charge >= 0.3 is 0 Å². The van der Waals surface area contributed by atoms with Gasteiger partial charge in [0.2, 0.25) is 0 Å². The quantitative estimate of drug-likeness (QED) is 0.790. The van der Waals surface area contributed by atoms with E-state index in [4.69, 9.17) is 4.74 Å². The molecule has 5 heteroatoms. The van der Waals surface area contributed by atoms with Crippen LogP contribution in [0.4, 0.5) is 5.82 Å². The van der Waals surface area contributed by atoms with Gasteiger partial charge in [-0.1, -0.05) is 18.2 Å². The van der Waals surface area contributed by atoms with Gasteiger partial charge < -0.3 is 10.1 Å².